The van der Waals surface area contributed by atoms with Gasteiger partial charge in [-0.05, 0) is 37.4 Å². The van der Waals surface area contributed by atoms with Crippen LogP contribution in [0.2, 0.25) is 0 Å². The molecule has 22 heavy (non-hydrogen) atoms. The van der Waals surface area contributed by atoms with Gasteiger partial charge in [0.25, 0.3) is 0 Å². The van der Waals surface area contributed by atoms with Crippen LogP contribution in [0.1, 0.15) is 19.8 Å². The predicted molar refractivity (Wildman–Crippen MR) is 94.1 cm³/mol. The van der Waals surface area contributed by atoms with Crippen LogP contribution in [0, 0.1) is 11.8 Å². The Bertz CT molecular complexity index is 516. The van der Waals surface area contributed by atoms with Crippen molar-refractivity contribution in [1.29, 1.82) is 0 Å². The first-order valence-corrected chi connectivity index (χ1v) is 7.99. The molecule has 4 nitrogen and oxygen atoms in total. The van der Waals surface area contributed by atoms with Crippen molar-refractivity contribution in [2.24, 2.45) is 11.8 Å². The van der Waals surface area contributed by atoms with Gasteiger partial charge in [0.1, 0.15) is 0 Å². The van der Waals surface area contributed by atoms with Crippen molar-refractivity contribution < 1.29 is 4.79 Å². The molecule has 122 valence electrons. The molecular weight excluding hydrogens is 298 g/mol. The first kappa shape index (κ1) is 17.1. The van der Waals surface area contributed by atoms with Crippen molar-refractivity contribution in [2.45, 2.75) is 19.8 Å². The Morgan fingerprint density at radius 1 is 1.23 bits per heavy atom. The smallest absolute Gasteiger partial charge is 0.231 e. The molecule has 2 aliphatic heterocycles. The fourth-order valence-electron chi connectivity index (χ4n) is 3.54. The summed E-state index contributed by atoms with van der Waals surface area (Å²) in [5.74, 6) is 0.891. The second-order valence-corrected chi connectivity index (χ2v) is 6.47. The number of benzene rings is 1. The maximum Gasteiger partial charge on any atom is 0.231 e. The Labute approximate surface area is 139 Å². The van der Waals surface area contributed by atoms with Crippen molar-refractivity contribution in [1.82, 2.24) is 5.32 Å². The summed E-state index contributed by atoms with van der Waals surface area (Å²) in [5, 5.41) is 3.36. The highest BCUT2D eigenvalue weighted by Crippen LogP contribution is 2.33. The van der Waals surface area contributed by atoms with E-state index in [1.54, 1.807) is 0 Å². The van der Waals surface area contributed by atoms with Crippen molar-refractivity contribution in [2.75, 3.05) is 43.0 Å². The Hall–Kier alpha value is -1.26. The average Bonchev–Trinajstić information content (AvgIpc) is 2.64. The van der Waals surface area contributed by atoms with E-state index >= 15 is 0 Å². The molecule has 0 radical (unpaired) electrons. The van der Waals surface area contributed by atoms with Crippen LogP contribution >= 0.6 is 12.4 Å². The third-order valence-corrected chi connectivity index (χ3v) is 4.58. The molecule has 1 aromatic rings. The molecule has 2 atom stereocenters. The molecule has 0 saturated carbocycles. The number of piperidine rings is 1. The van der Waals surface area contributed by atoms with Crippen LogP contribution in [0.15, 0.2) is 24.3 Å². The summed E-state index contributed by atoms with van der Waals surface area (Å²) in [6.07, 6.45) is 2.11. The third kappa shape index (κ3) is 3.39. The van der Waals surface area contributed by atoms with E-state index in [0.29, 0.717) is 5.92 Å². The highest BCUT2D eigenvalue weighted by molar-refractivity contribution is 5.98. The lowest BCUT2D eigenvalue weighted by Crippen LogP contribution is -2.44. The summed E-state index contributed by atoms with van der Waals surface area (Å²) in [6, 6.07) is 8.28. The van der Waals surface area contributed by atoms with Gasteiger partial charge in [0.2, 0.25) is 5.91 Å². The molecule has 1 amide bonds. The van der Waals surface area contributed by atoms with E-state index in [1.165, 1.54) is 5.69 Å². The molecule has 2 aliphatic rings. The summed E-state index contributed by atoms with van der Waals surface area (Å²) in [7, 11) is 2.12. The van der Waals surface area contributed by atoms with E-state index in [4.69, 9.17) is 0 Å². The standard InChI is InChI=1S/C17H25N3O.ClH/c1-13-11-19(2)15-7-3-4-8-16(15)20(12-13)17(21)14-6-5-9-18-10-14;/h3-4,7-8,13-14,18H,5-6,9-12H2,1-2H3;1H. The first-order chi connectivity index (χ1) is 10.2. The number of carbonyl (C=O) groups is 1. The SMILES string of the molecule is CC1CN(C)c2ccccc2N(C(=O)C2CCCNC2)C1.Cl. The molecule has 3 rings (SSSR count). The van der Waals surface area contributed by atoms with Gasteiger partial charge in [-0.3, -0.25) is 4.79 Å². The van der Waals surface area contributed by atoms with Crippen molar-refractivity contribution in [3.05, 3.63) is 24.3 Å². The van der Waals surface area contributed by atoms with E-state index in [-0.39, 0.29) is 24.2 Å². The molecule has 1 fully saturated rings. The van der Waals surface area contributed by atoms with Gasteiger partial charge in [0.05, 0.1) is 17.3 Å². The number of amides is 1. The van der Waals surface area contributed by atoms with E-state index < -0.39 is 0 Å². The molecule has 2 heterocycles. The van der Waals surface area contributed by atoms with Gasteiger partial charge in [-0.1, -0.05) is 19.1 Å². The number of anilines is 2. The minimum Gasteiger partial charge on any atom is -0.373 e. The maximum absolute atomic E-state index is 13.0. The second-order valence-electron chi connectivity index (χ2n) is 6.47. The molecule has 0 aromatic heterocycles. The number of para-hydroxylation sites is 2. The number of halogens is 1. The lowest BCUT2D eigenvalue weighted by Gasteiger charge is -2.30. The topological polar surface area (TPSA) is 35.6 Å². The van der Waals surface area contributed by atoms with Crippen molar-refractivity contribution >= 4 is 29.7 Å². The zero-order valence-corrected chi connectivity index (χ0v) is 14.2. The zero-order chi connectivity index (χ0) is 14.8. The molecule has 1 saturated heterocycles. The monoisotopic (exact) mass is 323 g/mol. The number of nitrogens with one attached hydrogen (secondary N) is 1. The van der Waals surface area contributed by atoms with E-state index in [2.05, 4.69) is 42.4 Å². The van der Waals surface area contributed by atoms with Gasteiger partial charge in [-0.2, -0.15) is 0 Å². The molecule has 0 spiro atoms. The highest BCUT2D eigenvalue weighted by Gasteiger charge is 2.31. The lowest BCUT2D eigenvalue weighted by molar-refractivity contribution is -0.123. The van der Waals surface area contributed by atoms with Crippen molar-refractivity contribution in [3.63, 3.8) is 0 Å². The van der Waals surface area contributed by atoms with E-state index in [0.717, 1.165) is 44.7 Å². The van der Waals surface area contributed by atoms with Crippen LogP contribution in [-0.2, 0) is 4.79 Å². The first-order valence-electron chi connectivity index (χ1n) is 7.99. The van der Waals surface area contributed by atoms with Crippen molar-refractivity contribution in [3.8, 4) is 0 Å². The Kier molecular flexibility index (Phi) is 5.70. The van der Waals surface area contributed by atoms with Crippen LogP contribution < -0.4 is 15.1 Å². The summed E-state index contributed by atoms with van der Waals surface area (Å²) >= 11 is 0. The molecule has 2 unspecified atom stereocenters. The molecule has 5 heteroatoms. The largest absolute Gasteiger partial charge is 0.373 e. The number of fused-ring (bicyclic) bond motifs is 1. The summed E-state index contributed by atoms with van der Waals surface area (Å²) in [5.41, 5.74) is 2.24. The molecule has 0 bridgehead atoms. The Morgan fingerprint density at radius 2 is 1.95 bits per heavy atom. The predicted octanol–water partition coefficient (Wildman–Crippen LogP) is 2.53. The van der Waals surface area contributed by atoms with Crippen LogP contribution in [-0.4, -0.2) is 39.1 Å². The molecule has 0 aliphatic carbocycles. The average molecular weight is 324 g/mol. The number of rotatable bonds is 1. The fraction of sp³-hybridized carbons (Fsp3) is 0.588. The van der Waals surface area contributed by atoms with Crippen LogP contribution in [0.25, 0.3) is 0 Å². The fourth-order valence-corrected chi connectivity index (χ4v) is 3.54. The molecular formula is C17H26ClN3O. The van der Waals surface area contributed by atoms with Gasteiger partial charge < -0.3 is 15.1 Å². The van der Waals surface area contributed by atoms with Gasteiger partial charge in [0, 0.05) is 26.7 Å². The highest BCUT2D eigenvalue weighted by atomic mass is 35.5. The van der Waals surface area contributed by atoms with E-state index in [1.807, 2.05) is 11.0 Å². The molecule has 1 N–H and O–H groups in total. The summed E-state index contributed by atoms with van der Waals surface area (Å²) in [4.78, 5) is 17.3. The Balaban J connectivity index is 0.00000176. The van der Waals surface area contributed by atoms with Gasteiger partial charge in [-0.15, -0.1) is 12.4 Å². The number of hydrogen-bond acceptors (Lipinski definition) is 3. The maximum atomic E-state index is 13.0. The third-order valence-electron chi connectivity index (χ3n) is 4.58. The number of nitrogens with zero attached hydrogens (tertiary/aromatic N) is 2. The lowest BCUT2D eigenvalue weighted by atomic mass is 9.97. The van der Waals surface area contributed by atoms with Crippen LogP contribution in [0.5, 0.6) is 0 Å². The second kappa shape index (κ2) is 7.34. The summed E-state index contributed by atoms with van der Waals surface area (Å²) < 4.78 is 0. The van der Waals surface area contributed by atoms with Gasteiger partial charge >= 0.3 is 0 Å². The van der Waals surface area contributed by atoms with Crippen LogP contribution in [0.4, 0.5) is 11.4 Å². The summed E-state index contributed by atoms with van der Waals surface area (Å²) in [6.45, 7) is 5.89. The normalized spacial score (nSPS) is 25.0. The number of carbonyl (C=O) groups excluding carboxylic acids is 1. The Morgan fingerprint density at radius 3 is 2.64 bits per heavy atom. The van der Waals surface area contributed by atoms with E-state index in [9.17, 15) is 4.79 Å². The minimum absolute atomic E-state index is 0. The number of hydrogen-bond donors (Lipinski definition) is 1. The minimum atomic E-state index is 0. The van der Waals surface area contributed by atoms with Crippen LogP contribution in [0.3, 0.4) is 0 Å². The zero-order valence-electron chi connectivity index (χ0n) is 13.4. The molecule has 1 aromatic carbocycles. The van der Waals surface area contributed by atoms with Gasteiger partial charge in [0.15, 0.2) is 0 Å². The van der Waals surface area contributed by atoms with Gasteiger partial charge in [-0.25, -0.2) is 0 Å². The quantitative estimate of drug-likeness (QED) is 0.862.